The molecule has 0 bridgehead atoms. The average molecular weight is 253 g/mol. The molecule has 0 unspecified atom stereocenters. The molecule has 0 saturated heterocycles. The van der Waals surface area contributed by atoms with Crippen LogP contribution in [0.3, 0.4) is 0 Å². The maximum absolute atomic E-state index is 11.8. The number of hydrogen-bond acceptors (Lipinski definition) is 1. The van der Waals surface area contributed by atoms with Crippen molar-refractivity contribution in [3.05, 3.63) is 28.8 Å². The highest BCUT2D eigenvalue weighted by atomic mass is 35.5. The molecule has 1 aromatic carbocycles. The van der Waals surface area contributed by atoms with Gasteiger partial charge >= 0.3 is 6.18 Å². The summed E-state index contributed by atoms with van der Waals surface area (Å²) in [6, 6.07) is 5.07. The molecule has 0 aliphatic heterocycles. The Balaban J connectivity index is 2.40. The lowest BCUT2D eigenvalue weighted by Crippen LogP contribution is -2.09. The second kappa shape index (κ2) is 5.43. The highest BCUT2D eigenvalue weighted by Gasteiger charge is 2.26. The molecule has 0 atom stereocenters. The van der Waals surface area contributed by atoms with Crippen LogP contribution < -0.4 is 4.74 Å². The van der Waals surface area contributed by atoms with Crippen LogP contribution in [0.5, 0.6) is 5.75 Å². The fourth-order valence-corrected chi connectivity index (χ4v) is 1.35. The number of hydrogen-bond donors (Lipinski definition) is 0. The predicted molar refractivity (Wildman–Crippen MR) is 57.0 cm³/mol. The Morgan fingerprint density at radius 2 is 2.00 bits per heavy atom. The van der Waals surface area contributed by atoms with E-state index < -0.39 is 12.6 Å². The lowest BCUT2D eigenvalue weighted by Gasteiger charge is -2.10. The summed E-state index contributed by atoms with van der Waals surface area (Å²) in [7, 11) is 0. The van der Waals surface area contributed by atoms with Crippen molar-refractivity contribution in [2.45, 2.75) is 25.9 Å². The molecule has 5 heteroatoms. The molecule has 1 nitrogen and oxygen atoms in total. The van der Waals surface area contributed by atoms with Gasteiger partial charge in [-0.05, 0) is 31.0 Å². The van der Waals surface area contributed by atoms with Gasteiger partial charge in [-0.2, -0.15) is 13.2 Å². The van der Waals surface area contributed by atoms with Gasteiger partial charge in [0.05, 0.1) is 6.61 Å². The van der Waals surface area contributed by atoms with Crippen LogP contribution in [0.1, 0.15) is 18.4 Å². The highest BCUT2D eigenvalue weighted by Crippen LogP contribution is 2.24. The average Bonchev–Trinajstić information content (AvgIpc) is 2.16. The Morgan fingerprint density at radius 3 is 2.62 bits per heavy atom. The molecular formula is C11H12ClF3O. The molecule has 0 radical (unpaired) electrons. The van der Waals surface area contributed by atoms with Crippen LogP contribution in [0.15, 0.2) is 18.2 Å². The number of benzene rings is 1. The Hall–Kier alpha value is -0.900. The van der Waals surface area contributed by atoms with Crippen LogP contribution in [0.4, 0.5) is 13.2 Å². The first kappa shape index (κ1) is 13.2. The number of ether oxygens (including phenoxy) is 1. The molecule has 0 heterocycles. The van der Waals surface area contributed by atoms with Crippen molar-refractivity contribution in [2.75, 3.05) is 6.61 Å². The summed E-state index contributed by atoms with van der Waals surface area (Å²) in [5, 5.41) is 0.511. The van der Waals surface area contributed by atoms with Gasteiger partial charge in [0, 0.05) is 11.4 Å². The summed E-state index contributed by atoms with van der Waals surface area (Å²) in [5.74, 6) is 0.537. The first-order valence-corrected chi connectivity index (χ1v) is 5.22. The van der Waals surface area contributed by atoms with Crippen LogP contribution in [0, 0.1) is 6.92 Å². The van der Waals surface area contributed by atoms with Crippen LogP contribution in [0.25, 0.3) is 0 Å². The zero-order chi connectivity index (χ0) is 12.2. The van der Waals surface area contributed by atoms with Gasteiger partial charge in [0.1, 0.15) is 5.75 Å². The van der Waals surface area contributed by atoms with E-state index in [9.17, 15) is 13.2 Å². The van der Waals surface area contributed by atoms with E-state index in [0.717, 1.165) is 5.56 Å². The summed E-state index contributed by atoms with van der Waals surface area (Å²) in [5.41, 5.74) is 0.858. The molecule has 0 fully saturated rings. The van der Waals surface area contributed by atoms with E-state index >= 15 is 0 Å². The number of halogens is 4. The van der Waals surface area contributed by atoms with Gasteiger partial charge in [-0.1, -0.05) is 17.7 Å². The first-order valence-electron chi connectivity index (χ1n) is 4.84. The third kappa shape index (κ3) is 4.75. The maximum atomic E-state index is 11.8. The SMILES string of the molecule is Cc1ccc(Cl)cc1OCCCC(F)(F)F. The van der Waals surface area contributed by atoms with E-state index in [1.807, 2.05) is 6.92 Å². The van der Waals surface area contributed by atoms with Crippen molar-refractivity contribution < 1.29 is 17.9 Å². The fourth-order valence-electron chi connectivity index (χ4n) is 1.18. The molecule has 0 amide bonds. The summed E-state index contributed by atoms with van der Waals surface area (Å²) in [6.45, 7) is 1.86. The molecule has 0 aromatic heterocycles. The summed E-state index contributed by atoms with van der Waals surface area (Å²) in [6.07, 6.45) is -4.99. The lowest BCUT2D eigenvalue weighted by molar-refractivity contribution is -0.136. The van der Waals surface area contributed by atoms with Crippen LogP contribution in [-0.2, 0) is 0 Å². The largest absolute Gasteiger partial charge is 0.493 e. The van der Waals surface area contributed by atoms with E-state index in [0.29, 0.717) is 10.8 Å². The van der Waals surface area contributed by atoms with Gasteiger partial charge in [0.15, 0.2) is 0 Å². The monoisotopic (exact) mass is 252 g/mol. The smallest absolute Gasteiger partial charge is 0.389 e. The Morgan fingerprint density at radius 1 is 1.31 bits per heavy atom. The Bertz CT molecular complexity index is 350. The molecule has 0 N–H and O–H groups in total. The number of rotatable bonds is 4. The molecule has 0 aliphatic rings. The van der Waals surface area contributed by atoms with E-state index in [1.54, 1.807) is 18.2 Å². The summed E-state index contributed by atoms with van der Waals surface area (Å²) in [4.78, 5) is 0. The van der Waals surface area contributed by atoms with Crippen molar-refractivity contribution in [2.24, 2.45) is 0 Å². The number of aryl methyl sites for hydroxylation is 1. The molecule has 90 valence electrons. The van der Waals surface area contributed by atoms with Crippen molar-refractivity contribution in [1.29, 1.82) is 0 Å². The minimum atomic E-state index is -4.12. The molecule has 0 spiro atoms. The molecular weight excluding hydrogens is 241 g/mol. The second-order valence-electron chi connectivity index (χ2n) is 3.48. The van der Waals surface area contributed by atoms with E-state index in [1.165, 1.54) is 0 Å². The topological polar surface area (TPSA) is 9.23 Å². The minimum absolute atomic E-state index is 0.0424. The minimum Gasteiger partial charge on any atom is -0.493 e. The zero-order valence-corrected chi connectivity index (χ0v) is 9.53. The third-order valence-corrected chi connectivity index (χ3v) is 2.25. The standard InChI is InChI=1S/C11H12ClF3O/c1-8-3-4-9(12)7-10(8)16-6-2-5-11(13,14)15/h3-4,7H,2,5-6H2,1H3. The molecule has 1 aromatic rings. The van der Waals surface area contributed by atoms with Crippen molar-refractivity contribution in [1.82, 2.24) is 0 Å². The van der Waals surface area contributed by atoms with Crippen molar-refractivity contribution in [3.8, 4) is 5.75 Å². The van der Waals surface area contributed by atoms with Gasteiger partial charge in [-0.25, -0.2) is 0 Å². The highest BCUT2D eigenvalue weighted by molar-refractivity contribution is 6.30. The lowest BCUT2D eigenvalue weighted by atomic mass is 10.2. The van der Waals surface area contributed by atoms with E-state index in [2.05, 4.69) is 0 Å². The van der Waals surface area contributed by atoms with E-state index in [-0.39, 0.29) is 13.0 Å². The molecule has 0 aliphatic carbocycles. The second-order valence-corrected chi connectivity index (χ2v) is 3.91. The van der Waals surface area contributed by atoms with Crippen LogP contribution >= 0.6 is 11.6 Å². The van der Waals surface area contributed by atoms with Gasteiger partial charge in [-0.3, -0.25) is 0 Å². The van der Waals surface area contributed by atoms with E-state index in [4.69, 9.17) is 16.3 Å². The van der Waals surface area contributed by atoms with Crippen molar-refractivity contribution in [3.63, 3.8) is 0 Å². The molecule has 0 saturated carbocycles. The van der Waals surface area contributed by atoms with Crippen LogP contribution in [-0.4, -0.2) is 12.8 Å². The third-order valence-electron chi connectivity index (χ3n) is 2.01. The fraction of sp³-hybridized carbons (Fsp3) is 0.455. The normalized spacial score (nSPS) is 11.6. The predicted octanol–water partition coefficient (Wildman–Crippen LogP) is 4.37. The van der Waals surface area contributed by atoms with Gasteiger partial charge in [0.25, 0.3) is 0 Å². The first-order chi connectivity index (χ1) is 7.38. The van der Waals surface area contributed by atoms with Crippen molar-refractivity contribution >= 4 is 11.6 Å². The Kier molecular flexibility index (Phi) is 4.47. The number of alkyl halides is 3. The van der Waals surface area contributed by atoms with Gasteiger partial charge < -0.3 is 4.74 Å². The molecule has 1 rings (SSSR count). The zero-order valence-electron chi connectivity index (χ0n) is 8.77. The Labute approximate surface area is 97.2 Å². The maximum Gasteiger partial charge on any atom is 0.389 e. The van der Waals surface area contributed by atoms with Gasteiger partial charge in [0.2, 0.25) is 0 Å². The molecule has 16 heavy (non-hydrogen) atoms. The quantitative estimate of drug-likeness (QED) is 0.723. The summed E-state index contributed by atoms with van der Waals surface area (Å²) < 4.78 is 40.8. The van der Waals surface area contributed by atoms with Gasteiger partial charge in [-0.15, -0.1) is 0 Å². The van der Waals surface area contributed by atoms with Crippen LogP contribution in [0.2, 0.25) is 5.02 Å². The summed E-state index contributed by atoms with van der Waals surface area (Å²) >= 11 is 5.74.